The van der Waals surface area contributed by atoms with E-state index in [0.717, 1.165) is 19.4 Å². The van der Waals surface area contributed by atoms with Gasteiger partial charge in [0, 0.05) is 20.0 Å². The first kappa shape index (κ1) is 30.5. The molecular weight excluding hydrogens is 378 g/mol. The third kappa shape index (κ3) is 24.0. The number of carbonyl (C=O) groups excluding carboxylic acids is 1. The van der Waals surface area contributed by atoms with Crippen LogP contribution in [0.4, 0.5) is 0 Å². The van der Waals surface area contributed by atoms with E-state index < -0.39 is 0 Å². The second kappa shape index (κ2) is 25.7. The minimum Gasteiger partial charge on any atom is -0.346 e. The minimum absolute atomic E-state index is 0.360. The molecule has 0 aromatic carbocycles. The van der Waals surface area contributed by atoms with Crippen LogP contribution in [0.25, 0.3) is 0 Å². The molecule has 0 aliphatic carbocycles. The van der Waals surface area contributed by atoms with Crippen molar-refractivity contribution < 1.29 is 4.79 Å². The van der Waals surface area contributed by atoms with Gasteiger partial charge in [-0.15, -0.1) is 0 Å². The number of hydrogen-bond donors (Lipinski definition) is 0. The summed E-state index contributed by atoms with van der Waals surface area (Å²) in [6, 6.07) is 0. The lowest BCUT2D eigenvalue weighted by Gasteiger charge is -2.17. The van der Waals surface area contributed by atoms with Gasteiger partial charge in [0.2, 0.25) is 5.91 Å². The fourth-order valence-electron chi connectivity index (χ4n) is 4.45. The maximum absolute atomic E-state index is 12.3. The maximum Gasteiger partial charge on any atom is 0.222 e. The zero-order chi connectivity index (χ0) is 22.8. The Bertz CT molecular complexity index is 355. The van der Waals surface area contributed by atoms with Crippen LogP contribution in [0.5, 0.6) is 0 Å². The van der Waals surface area contributed by atoms with Gasteiger partial charge in [-0.2, -0.15) is 0 Å². The van der Waals surface area contributed by atoms with E-state index in [1.807, 2.05) is 11.9 Å². The molecule has 2 heteroatoms. The first-order valence-electron chi connectivity index (χ1n) is 14.5. The van der Waals surface area contributed by atoms with Crippen LogP contribution in [0.2, 0.25) is 0 Å². The van der Waals surface area contributed by atoms with Crippen LogP contribution in [0.3, 0.4) is 0 Å². The molecule has 0 unspecified atom stereocenters. The largest absolute Gasteiger partial charge is 0.346 e. The highest BCUT2D eigenvalue weighted by atomic mass is 16.2. The van der Waals surface area contributed by atoms with Crippen molar-refractivity contribution in [1.29, 1.82) is 0 Å². The molecular formula is C29H59NO. The molecule has 0 fully saturated rings. The summed E-state index contributed by atoms with van der Waals surface area (Å²) in [5.74, 6) is 0.360. The monoisotopic (exact) mass is 437 g/mol. The average molecular weight is 438 g/mol. The highest BCUT2D eigenvalue weighted by molar-refractivity contribution is 5.75. The van der Waals surface area contributed by atoms with Gasteiger partial charge in [0.05, 0.1) is 0 Å². The van der Waals surface area contributed by atoms with E-state index in [4.69, 9.17) is 0 Å². The van der Waals surface area contributed by atoms with E-state index in [0.29, 0.717) is 5.91 Å². The van der Waals surface area contributed by atoms with Crippen LogP contribution in [0, 0.1) is 0 Å². The second-order valence-electron chi connectivity index (χ2n) is 9.99. The Labute approximate surface area is 197 Å². The molecule has 0 aliphatic heterocycles. The Morgan fingerprint density at radius 2 is 0.742 bits per heavy atom. The van der Waals surface area contributed by atoms with Crippen LogP contribution in [-0.2, 0) is 4.79 Å². The van der Waals surface area contributed by atoms with E-state index in [-0.39, 0.29) is 0 Å². The summed E-state index contributed by atoms with van der Waals surface area (Å²) in [6.07, 6.45) is 32.1. The van der Waals surface area contributed by atoms with Gasteiger partial charge in [0.15, 0.2) is 0 Å². The Morgan fingerprint density at radius 1 is 0.452 bits per heavy atom. The van der Waals surface area contributed by atoms with Gasteiger partial charge in [0.1, 0.15) is 0 Å². The fourth-order valence-corrected chi connectivity index (χ4v) is 4.45. The Kier molecular flexibility index (Phi) is 25.3. The molecule has 0 heterocycles. The molecule has 31 heavy (non-hydrogen) atoms. The van der Waals surface area contributed by atoms with E-state index in [9.17, 15) is 4.79 Å². The van der Waals surface area contributed by atoms with Crippen molar-refractivity contribution in [3.8, 4) is 0 Å². The van der Waals surface area contributed by atoms with Gasteiger partial charge in [-0.05, 0) is 12.8 Å². The summed E-state index contributed by atoms with van der Waals surface area (Å²) < 4.78 is 0. The predicted octanol–water partition coefficient (Wildman–Crippen LogP) is 9.85. The highest BCUT2D eigenvalue weighted by Crippen LogP contribution is 2.14. The zero-order valence-corrected chi connectivity index (χ0v) is 22.0. The van der Waals surface area contributed by atoms with Gasteiger partial charge in [-0.25, -0.2) is 0 Å². The molecule has 186 valence electrons. The first-order valence-corrected chi connectivity index (χ1v) is 14.5. The molecule has 0 bridgehead atoms. The summed E-state index contributed by atoms with van der Waals surface area (Å²) in [4.78, 5) is 14.2. The standard InChI is InChI=1S/C29H59NO/c1-4-6-8-10-12-14-16-17-18-19-21-23-25-27-29(31)30(3)28-26-24-22-20-15-13-11-9-7-5-2/h4-28H2,1-3H3. The molecule has 0 radical (unpaired) electrons. The molecule has 2 nitrogen and oxygen atoms in total. The molecule has 0 saturated heterocycles. The molecule has 0 aromatic rings. The molecule has 0 N–H and O–H groups in total. The Morgan fingerprint density at radius 3 is 1.10 bits per heavy atom. The summed E-state index contributed by atoms with van der Waals surface area (Å²) in [5, 5.41) is 0. The lowest BCUT2D eigenvalue weighted by Crippen LogP contribution is -2.27. The molecule has 0 saturated carbocycles. The molecule has 0 aliphatic rings. The quantitative estimate of drug-likeness (QED) is 0.130. The van der Waals surface area contributed by atoms with Gasteiger partial charge in [-0.1, -0.05) is 149 Å². The molecule has 0 aromatic heterocycles. The minimum atomic E-state index is 0.360. The van der Waals surface area contributed by atoms with Crippen molar-refractivity contribution in [3.63, 3.8) is 0 Å². The Balaban J connectivity index is 3.29. The lowest BCUT2D eigenvalue weighted by atomic mass is 10.0. The van der Waals surface area contributed by atoms with Crippen LogP contribution in [-0.4, -0.2) is 24.4 Å². The summed E-state index contributed by atoms with van der Waals surface area (Å²) in [6.45, 7) is 5.52. The number of hydrogen-bond acceptors (Lipinski definition) is 1. The fraction of sp³-hybridized carbons (Fsp3) is 0.966. The second-order valence-corrected chi connectivity index (χ2v) is 9.99. The highest BCUT2D eigenvalue weighted by Gasteiger charge is 2.07. The number of amides is 1. The summed E-state index contributed by atoms with van der Waals surface area (Å²) >= 11 is 0. The smallest absolute Gasteiger partial charge is 0.222 e. The van der Waals surface area contributed by atoms with Crippen molar-refractivity contribution in [2.45, 2.75) is 168 Å². The van der Waals surface area contributed by atoms with Crippen LogP contribution >= 0.6 is 0 Å². The SMILES string of the molecule is CCCCCCCCCCCCCCCC(=O)N(C)CCCCCCCCCCCC. The van der Waals surface area contributed by atoms with Gasteiger partial charge in [0.25, 0.3) is 0 Å². The van der Waals surface area contributed by atoms with E-state index >= 15 is 0 Å². The predicted molar refractivity (Wildman–Crippen MR) is 140 cm³/mol. The third-order valence-electron chi connectivity index (χ3n) is 6.77. The molecule has 0 atom stereocenters. The van der Waals surface area contributed by atoms with Crippen molar-refractivity contribution in [3.05, 3.63) is 0 Å². The van der Waals surface area contributed by atoms with Crippen molar-refractivity contribution in [1.82, 2.24) is 4.90 Å². The van der Waals surface area contributed by atoms with E-state index in [2.05, 4.69) is 13.8 Å². The van der Waals surface area contributed by atoms with Crippen molar-refractivity contribution >= 4 is 5.91 Å². The average Bonchev–Trinajstić information content (AvgIpc) is 2.77. The lowest BCUT2D eigenvalue weighted by molar-refractivity contribution is -0.130. The number of unbranched alkanes of at least 4 members (excludes halogenated alkanes) is 21. The zero-order valence-electron chi connectivity index (χ0n) is 22.0. The molecule has 0 spiro atoms. The van der Waals surface area contributed by atoms with Crippen LogP contribution in [0.1, 0.15) is 168 Å². The summed E-state index contributed by atoms with van der Waals surface area (Å²) in [7, 11) is 2.00. The third-order valence-corrected chi connectivity index (χ3v) is 6.77. The number of carbonyl (C=O) groups is 1. The van der Waals surface area contributed by atoms with Gasteiger partial charge >= 0.3 is 0 Å². The molecule has 1 amide bonds. The maximum atomic E-state index is 12.3. The van der Waals surface area contributed by atoms with Crippen molar-refractivity contribution in [2.75, 3.05) is 13.6 Å². The van der Waals surface area contributed by atoms with E-state index in [1.54, 1.807) is 0 Å². The summed E-state index contributed by atoms with van der Waals surface area (Å²) in [5.41, 5.74) is 0. The first-order chi connectivity index (χ1) is 15.2. The molecule has 0 rings (SSSR count). The Hall–Kier alpha value is -0.530. The number of rotatable bonds is 25. The van der Waals surface area contributed by atoms with Crippen LogP contribution < -0.4 is 0 Å². The van der Waals surface area contributed by atoms with Crippen molar-refractivity contribution in [2.24, 2.45) is 0 Å². The van der Waals surface area contributed by atoms with Crippen LogP contribution in [0.15, 0.2) is 0 Å². The normalized spacial score (nSPS) is 11.2. The van der Waals surface area contributed by atoms with Gasteiger partial charge < -0.3 is 4.90 Å². The topological polar surface area (TPSA) is 20.3 Å². The van der Waals surface area contributed by atoms with Gasteiger partial charge in [-0.3, -0.25) is 4.79 Å². The van der Waals surface area contributed by atoms with E-state index in [1.165, 1.54) is 141 Å². The number of nitrogens with zero attached hydrogens (tertiary/aromatic N) is 1.